The standard InChI is InChI=1S/C12H13N3O6S2/c13-8-1-4-10(5-2-8)15-11-6-3-9(14)7-12(11)22(16,17)21-23(18,19)20/h1-7,15H,13-14H2,(H,18,19,20). The van der Waals surface area contributed by atoms with Gasteiger partial charge < -0.3 is 16.8 Å². The Bertz CT molecular complexity index is 924. The highest BCUT2D eigenvalue weighted by molar-refractivity contribution is 7.97. The lowest BCUT2D eigenvalue weighted by Gasteiger charge is -2.12. The van der Waals surface area contributed by atoms with Gasteiger partial charge in [0.05, 0.1) is 5.69 Å². The zero-order valence-electron chi connectivity index (χ0n) is 11.5. The third-order valence-electron chi connectivity index (χ3n) is 2.64. The van der Waals surface area contributed by atoms with Crippen LogP contribution in [-0.4, -0.2) is 21.4 Å². The van der Waals surface area contributed by atoms with E-state index in [2.05, 4.69) is 8.95 Å². The van der Waals surface area contributed by atoms with Crippen molar-refractivity contribution in [3.05, 3.63) is 42.5 Å². The van der Waals surface area contributed by atoms with Crippen LogP contribution in [0.15, 0.2) is 47.4 Å². The van der Waals surface area contributed by atoms with Gasteiger partial charge in [-0.2, -0.15) is 16.8 Å². The van der Waals surface area contributed by atoms with Gasteiger partial charge in [-0.1, -0.05) is 0 Å². The first-order valence-corrected chi connectivity index (χ1v) is 8.80. The highest BCUT2D eigenvalue weighted by atomic mass is 32.3. The Hall–Kier alpha value is -2.34. The molecule has 0 fully saturated rings. The Kier molecular flexibility index (Phi) is 4.47. The molecule has 2 aromatic rings. The first-order valence-electron chi connectivity index (χ1n) is 6.02. The number of nitrogens with one attached hydrogen (secondary N) is 1. The first-order chi connectivity index (χ1) is 10.6. The number of hydrogen-bond donors (Lipinski definition) is 4. The number of benzene rings is 2. The maximum absolute atomic E-state index is 12.0. The van der Waals surface area contributed by atoms with E-state index >= 15 is 0 Å². The number of nitrogen functional groups attached to an aromatic ring is 2. The molecule has 6 N–H and O–H groups in total. The minimum Gasteiger partial charge on any atom is -0.399 e. The van der Waals surface area contributed by atoms with Crippen LogP contribution in [0.5, 0.6) is 0 Å². The Balaban J connectivity index is 2.47. The van der Waals surface area contributed by atoms with Gasteiger partial charge >= 0.3 is 20.5 Å². The van der Waals surface area contributed by atoms with Crippen LogP contribution in [0.3, 0.4) is 0 Å². The third-order valence-corrected chi connectivity index (χ3v) is 4.92. The van der Waals surface area contributed by atoms with E-state index in [4.69, 9.17) is 16.0 Å². The summed E-state index contributed by atoms with van der Waals surface area (Å²) in [6.07, 6.45) is 0. The molecule has 0 amide bonds. The van der Waals surface area contributed by atoms with E-state index in [0.717, 1.165) is 6.07 Å². The third kappa shape index (κ3) is 4.56. The molecule has 0 unspecified atom stereocenters. The molecule has 0 saturated carbocycles. The fourth-order valence-electron chi connectivity index (χ4n) is 1.72. The van der Waals surface area contributed by atoms with Crippen molar-refractivity contribution < 1.29 is 25.0 Å². The summed E-state index contributed by atoms with van der Waals surface area (Å²) >= 11 is 0. The largest absolute Gasteiger partial charge is 0.412 e. The molecule has 0 aliphatic heterocycles. The van der Waals surface area contributed by atoms with Crippen LogP contribution in [0.2, 0.25) is 0 Å². The molecule has 11 heteroatoms. The normalized spacial score (nSPS) is 12.0. The second kappa shape index (κ2) is 6.04. The highest BCUT2D eigenvalue weighted by Crippen LogP contribution is 2.29. The minimum absolute atomic E-state index is 0.00706. The van der Waals surface area contributed by atoms with Gasteiger partial charge in [-0.25, -0.2) is 0 Å². The molecule has 0 aliphatic carbocycles. The molecule has 0 heterocycles. The molecule has 23 heavy (non-hydrogen) atoms. The van der Waals surface area contributed by atoms with Crippen molar-refractivity contribution in [3.63, 3.8) is 0 Å². The minimum atomic E-state index is -5.21. The van der Waals surface area contributed by atoms with Crippen molar-refractivity contribution >= 4 is 43.3 Å². The summed E-state index contributed by atoms with van der Waals surface area (Å²) in [5.74, 6) is 0. The van der Waals surface area contributed by atoms with Gasteiger partial charge in [0.25, 0.3) is 0 Å². The molecule has 2 rings (SSSR count). The molecule has 0 atom stereocenters. The summed E-state index contributed by atoms with van der Waals surface area (Å²) in [5.41, 5.74) is 12.1. The zero-order chi connectivity index (χ0) is 17.3. The second-order valence-corrected chi connectivity index (χ2v) is 7.20. The van der Waals surface area contributed by atoms with Crippen molar-refractivity contribution in [2.75, 3.05) is 16.8 Å². The van der Waals surface area contributed by atoms with Gasteiger partial charge in [0.1, 0.15) is 4.90 Å². The van der Waals surface area contributed by atoms with E-state index in [1.165, 1.54) is 12.1 Å². The fourth-order valence-corrected chi connectivity index (χ4v) is 3.59. The summed E-state index contributed by atoms with van der Waals surface area (Å²) in [4.78, 5) is -0.549. The average molecular weight is 359 g/mol. The van der Waals surface area contributed by atoms with Crippen LogP contribution in [0.4, 0.5) is 22.7 Å². The predicted molar refractivity (Wildman–Crippen MR) is 84.8 cm³/mol. The predicted octanol–water partition coefficient (Wildman–Crippen LogP) is 1.10. The summed E-state index contributed by atoms with van der Waals surface area (Å²) < 4.78 is 57.7. The van der Waals surface area contributed by atoms with Crippen LogP contribution in [-0.2, 0) is 24.1 Å². The summed E-state index contributed by atoms with van der Waals surface area (Å²) in [6.45, 7) is 0. The summed E-state index contributed by atoms with van der Waals surface area (Å²) in [5, 5.41) is 2.77. The Morgan fingerprint density at radius 1 is 0.913 bits per heavy atom. The molecular formula is C12H13N3O6S2. The van der Waals surface area contributed by atoms with Gasteiger partial charge in [0.2, 0.25) is 0 Å². The Labute approximate surface area is 133 Å². The fraction of sp³-hybridized carbons (Fsp3) is 0. The SMILES string of the molecule is Nc1ccc(Nc2ccc(N)cc2S(=O)(=O)OS(=O)(=O)O)cc1. The highest BCUT2D eigenvalue weighted by Gasteiger charge is 2.26. The smallest absolute Gasteiger partial charge is 0.399 e. The Morgan fingerprint density at radius 2 is 1.48 bits per heavy atom. The van der Waals surface area contributed by atoms with Gasteiger partial charge in [0, 0.05) is 17.1 Å². The van der Waals surface area contributed by atoms with Gasteiger partial charge in [-0.15, -0.1) is 3.63 Å². The second-order valence-electron chi connectivity index (χ2n) is 4.45. The summed E-state index contributed by atoms with van der Waals surface area (Å²) in [6, 6.07) is 10.1. The lowest BCUT2D eigenvalue weighted by Crippen LogP contribution is -2.14. The van der Waals surface area contributed by atoms with Crippen LogP contribution in [0, 0.1) is 0 Å². The molecule has 0 spiro atoms. The quantitative estimate of drug-likeness (QED) is 0.452. The van der Waals surface area contributed by atoms with E-state index in [-0.39, 0.29) is 11.4 Å². The molecule has 124 valence electrons. The van der Waals surface area contributed by atoms with Gasteiger partial charge in [-0.05, 0) is 42.5 Å². The van der Waals surface area contributed by atoms with Gasteiger partial charge in [0.15, 0.2) is 0 Å². The number of rotatable bonds is 5. The topological polar surface area (TPSA) is 162 Å². The van der Waals surface area contributed by atoms with Crippen molar-refractivity contribution in [2.45, 2.75) is 4.90 Å². The number of anilines is 4. The molecule has 9 nitrogen and oxygen atoms in total. The molecule has 0 radical (unpaired) electrons. The van der Waals surface area contributed by atoms with Crippen LogP contribution < -0.4 is 16.8 Å². The van der Waals surface area contributed by atoms with E-state index in [0.29, 0.717) is 11.4 Å². The molecule has 0 saturated heterocycles. The van der Waals surface area contributed by atoms with Crippen LogP contribution in [0.25, 0.3) is 0 Å². The van der Waals surface area contributed by atoms with E-state index in [1.54, 1.807) is 24.3 Å². The van der Waals surface area contributed by atoms with Gasteiger partial charge in [-0.3, -0.25) is 4.55 Å². The maximum Gasteiger partial charge on any atom is 0.412 e. The first kappa shape index (κ1) is 17.0. The van der Waals surface area contributed by atoms with E-state index in [1.807, 2.05) is 0 Å². The average Bonchev–Trinajstić information content (AvgIpc) is 2.40. The lowest BCUT2D eigenvalue weighted by molar-refractivity contribution is 0.383. The summed E-state index contributed by atoms with van der Waals surface area (Å²) in [7, 11) is -10.0. The molecule has 0 aliphatic rings. The van der Waals surface area contributed by atoms with E-state index < -0.39 is 25.4 Å². The zero-order valence-corrected chi connectivity index (χ0v) is 13.1. The van der Waals surface area contributed by atoms with Crippen molar-refractivity contribution in [1.82, 2.24) is 0 Å². The Morgan fingerprint density at radius 3 is 2.04 bits per heavy atom. The monoisotopic (exact) mass is 359 g/mol. The molecular weight excluding hydrogens is 346 g/mol. The molecule has 0 aromatic heterocycles. The van der Waals surface area contributed by atoms with Crippen molar-refractivity contribution in [1.29, 1.82) is 0 Å². The number of hydrogen-bond acceptors (Lipinski definition) is 8. The molecule has 2 aromatic carbocycles. The van der Waals surface area contributed by atoms with Crippen LogP contribution in [0.1, 0.15) is 0 Å². The molecule has 0 bridgehead atoms. The number of nitrogens with two attached hydrogens (primary N) is 2. The van der Waals surface area contributed by atoms with E-state index in [9.17, 15) is 16.8 Å². The van der Waals surface area contributed by atoms with Crippen molar-refractivity contribution in [3.8, 4) is 0 Å². The van der Waals surface area contributed by atoms with Crippen LogP contribution >= 0.6 is 0 Å². The lowest BCUT2D eigenvalue weighted by atomic mass is 10.2. The van der Waals surface area contributed by atoms with Crippen molar-refractivity contribution in [2.24, 2.45) is 0 Å². The maximum atomic E-state index is 12.0.